The molecule has 0 unspecified atom stereocenters. The predicted molar refractivity (Wildman–Crippen MR) is 88.9 cm³/mol. The quantitative estimate of drug-likeness (QED) is 0.840. The lowest BCUT2D eigenvalue weighted by Gasteiger charge is -2.10. The first-order valence-corrected chi connectivity index (χ1v) is 8.85. The van der Waals surface area contributed by atoms with Gasteiger partial charge in [0, 0.05) is 16.9 Å². The molecule has 0 saturated carbocycles. The molecule has 2 rings (SSSR count). The average Bonchev–Trinajstić information content (AvgIpc) is 2.54. The number of carbonyl (C=O) groups excluding carboxylic acids is 1. The Balaban J connectivity index is 2.11. The fourth-order valence-electron chi connectivity index (χ4n) is 1.92. The lowest BCUT2D eigenvalue weighted by molar-refractivity contribution is -0.137. The molecule has 9 heteroatoms. The van der Waals surface area contributed by atoms with Crippen molar-refractivity contribution < 1.29 is 26.4 Å². The Kier molecular flexibility index (Phi) is 5.36. The molecule has 5 nitrogen and oxygen atoms in total. The molecular weight excluding hydrogens is 357 g/mol. The van der Waals surface area contributed by atoms with Crippen molar-refractivity contribution in [2.75, 3.05) is 15.8 Å². The van der Waals surface area contributed by atoms with Gasteiger partial charge in [0.15, 0.2) is 0 Å². The van der Waals surface area contributed by atoms with E-state index >= 15 is 0 Å². The number of sulfonamides is 1. The number of alkyl halides is 3. The second-order valence-corrected chi connectivity index (χ2v) is 7.13. The van der Waals surface area contributed by atoms with Crippen LogP contribution in [-0.2, 0) is 16.2 Å². The number of nitrogens with one attached hydrogen (secondary N) is 2. The first-order chi connectivity index (χ1) is 11.6. The van der Waals surface area contributed by atoms with Gasteiger partial charge in [-0.1, -0.05) is 6.07 Å². The van der Waals surface area contributed by atoms with Gasteiger partial charge in [-0.05, 0) is 49.4 Å². The van der Waals surface area contributed by atoms with E-state index in [2.05, 4.69) is 10.0 Å². The van der Waals surface area contributed by atoms with Gasteiger partial charge >= 0.3 is 6.18 Å². The molecule has 0 aliphatic heterocycles. The van der Waals surface area contributed by atoms with Gasteiger partial charge in [-0.25, -0.2) is 8.42 Å². The Morgan fingerprint density at radius 2 is 1.68 bits per heavy atom. The van der Waals surface area contributed by atoms with E-state index in [1.54, 1.807) is 0 Å². The second kappa shape index (κ2) is 7.14. The molecule has 0 heterocycles. The minimum absolute atomic E-state index is 0.00980. The molecule has 0 bridgehead atoms. The Morgan fingerprint density at radius 1 is 1.04 bits per heavy atom. The number of hydrogen-bond acceptors (Lipinski definition) is 3. The van der Waals surface area contributed by atoms with Crippen molar-refractivity contribution in [3.8, 4) is 0 Å². The van der Waals surface area contributed by atoms with Crippen LogP contribution in [0.5, 0.6) is 0 Å². The average molecular weight is 372 g/mol. The maximum atomic E-state index is 12.7. The second-order valence-electron chi connectivity index (χ2n) is 5.12. The van der Waals surface area contributed by atoms with Crippen LogP contribution in [0.25, 0.3) is 0 Å². The third-order valence-electron chi connectivity index (χ3n) is 3.25. The van der Waals surface area contributed by atoms with E-state index < -0.39 is 27.7 Å². The predicted octanol–water partition coefficient (Wildman–Crippen LogP) is 3.72. The molecule has 0 aliphatic carbocycles. The van der Waals surface area contributed by atoms with Crippen LogP contribution >= 0.6 is 0 Å². The van der Waals surface area contributed by atoms with Crippen LogP contribution in [0, 0.1) is 0 Å². The maximum Gasteiger partial charge on any atom is 0.416 e. The van der Waals surface area contributed by atoms with E-state index in [0.29, 0.717) is 0 Å². The van der Waals surface area contributed by atoms with Crippen molar-refractivity contribution in [1.82, 2.24) is 0 Å². The van der Waals surface area contributed by atoms with Crippen molar-refractivity contribution in [3.05, 3.63) is 59.7 Å². The van der Waals surface area contributed by atoms with Crippen LogP contribution < -0.4 is 10.0 Å². The van der Waals surface area contributed by atoms with Gasteiger partial charge in [-0.2, -0.15) is 13.2 Å². The summed E-state index contributed by atoms with van der Waals surface area (Å²) in [5, 5.41) is 2.37. The lowest BCUT2D eigenvalue weighted by Crippen LogP contribution is -2.15. The summed E-state index contributed by atoms with van der Waals surface area (Å²) in [5.41, 5.74) is -0.389. The minimum Gasteiger partial charge on any atom is -0.322 e. The molecule has 134 valence electrons. The number of halogens is 3. The molecule has 0 fully saturated rings. The number of carbonyl (C=O) groups is 1. The highest BCUT2D eigenvalue weighted by atomic mass is 32.2. The number of amides is 1. The van der Waals surface area contributed by atoms with Crippen molar-refractivity contribution in [2.45, 2.75) is 13.1 Å². The summed E-state index contributed by atoms with van der Waals surface area (Å²) in [6.07, 6.45) is -4.50. The van der Waals surface area contributed by atoms with E-state index in [-0.39, 0.29) is 22.7 Å². The van der Waals surface area contributed by atoms with Crippen molar-refractivity contribution in [2.24, 2.45) is 0 Å². The zero-order chi connectivity index (χ0) is 18.7. The lowest BCUT2D eigenvalue weighted by atomic mass is 10.1. The van der Waals surface area contributed by atoms with Gasteiger partial charge in [0.1, 0.15) is 0 Å². The highest BCUT2D eigenvalue weighted by Gasteiger charge is 2.30. The molecule has 25 heavy (non-hydrogen) atoms. The van der Waals surface area contributed by atoms with Gasteiger partial charge in [0.05, 0.1) is 11.3 Å². The molecule has 0 saturated heterocycles. The zero-order valence-corrected chi connectivity index (χ0v) is 13.9. The molecular formula is C16H15F3N2O3S. The van der Waals surface area contributed by atoms with Crippen molar-refractivity contribution in [3.63, 3.8) is 0 Å². The topological polar surface area (TPSA) is 75.3 Å². The van der Waals surface area contributed by atoms with Gasteiger partial charge in [0.25, 0.3) is 5.91 Å². The summed E-state index contributed by atoms with van der Waals surface area (Å²) in [7, 11) is -3.43. The van der Waals surface area contributed by atoms with E-state index in [1.807, 2.05) is 0 Å². The third-order valence-corrected chi connectivity index (χ3v) is 4.56. The molecule has 0 atom stereocenters. The molecule has 0 aromatic heterocycles. The number of benzene rings is 2. The Morgan fingerprint density at radius 3 is 2.24 bits per heavy atom. The van der Waals surface area contributed by atoms with Gasteiger partial charge in [-0.3, -0.25) is 9.52 Å². The molecule has 0 aliphatic rings. The van der Waals surface area contributed by atoms with Crippen molar-refractivity contribution in [1.29, 1.82) is 0 Å². The van der Waals surface area contributed by atoms with E-state index in [0.717, 1.165) is 12.1 Å². The summed E-state index contributed by atoms with van der Waals surface area (Å²) in [6.45, 7) is 1.49. The number of hydrogen-bond donors (Lipinski definition) is 2. The Labute approximate surface area is 142 Å². The van der Waals surface area contributed by atoms with Crippen LogP contribution in [0.15, 0.2) is 48.5 Å². The fourth-order valence-corrected chi connectivity index (χ4v) is 2.56. The van der Waals surface area contributed by atoms with E-state index in [1.165, 1.54) is 43.3 Å². The highest BCUT2D eigenvalue weighted by Crippen LogP contribution is 2.30. The summed E-state index contributed by atoms with van der Waals surface area (Å²) in [4.78, 5) is 12.1. The van der Waals surface area contributed by atoms with Crippen LogP contribution in [0.2, 0.25) is 0 Å². The largest absolute Gasteiger partial charge is 0.416 e. The highest BCUT2D eigenvalue weighted by molar-refractivity contribution is 7.92. The fraction of sp³-hybridized carbons (Fsp3) is 0.188. The van der Waals surface area contributed by atoms with Crippen LogP contribution in [0.4, 0.5) is 24.5 Å². The maximum absolute atomic E-state index is 12.7. The molecule has 0 radical (unpaired) electrons. The molecule has 2 N–H and O–H groups in total. The first-order valence-electron chi connectivity index (χ1n) is 7.20. The van der Waals surface area contributed by atoms with Crippen LogP contribution in [0.1, 0.15) is 22.8 Å². The molecule has 0 spiro atoms. The van der Waals surface area contributed by atoms with E-state index in [4.69, 9.17) is 0 Å². The Hall–Kier alpha value is -2.55. The molecule has 2 aromatic carbocycles. The van der Waals surface area contributed by atoms with Crippen molar-refractivity contribution >= 4 is 27.3 Å². The summed E-state index contributed by atoms with van der Waals surface area (Å²) in [6, 6.07) is 9.82. The van der Waals surface area contributed by atoms with Gasteiger partial charge < -0.3 is 5.32 Å². The molecule has 2 aromatic rings. The van der Waals surface area contributed by atoms with Crippen LogP contribution in [-0.4, -0.2) is 20.1 Å². The van der Waals surface area contributed by atoms with E-state index in [9.17, 15) is 26.4 Å². The third kappa shape index (κ3) is 5.21. The van der Waals surface area contributed by atoms with Gasteiger partial charge in [0.2, 0.25) is 10.0 Å². The van der Waals surface area contributed by atoms with Crippen LogP contribution in [0.3, 0.4) is 0 Å². The SMILES string of the molecule is CCS(=O)(=O)Nc1ccc(C(=O)Nc2cccc(C(F)(F)F)c2)cc1. The molecule has 1 amide bonds. The standard InChI is InChI=1S/C16H15F3N2O3S/c1-2-25(23,24)21-13-8-6-11(7-9-13)15(22)20-14-5-3-4-12(10-14)16(17,18)19/h3-10,21H,2H2,1H3,(H,20,22). The van der Waals surface area contributed by atoms with Gasteiger partial charge in [-0.15, -0.1) is 0 Å². The normalized spacial score (nSPS) is 11.8. The zero-order valence-electron chi connectivity index (χ0n) is 13.1. The minimum atomic E-state index is -4.50. The number of anilines is 2. The first kappa shape index (κ1) is 18.8. The monoisotopic (exact) mass is 372 g/mol. The summed E-state index contributed by atoms with van der Waals surface area (Å²) in [5.74, 6) is -0.700. The summed E-state index contributed by atoms with van der Waals surface area (Å²) < 4.78 is 63.2. The Bertz CT molecular complexity index is 863. The smallest absolute Gasteiger partial charge is 0.322 e. The summed E-state index contributed by atoms with van der Waals surface area (Å²) >= 11 is 0. The number of rotatable bonds is 5.